The molecule has 0 aromatic carbocycles. The van der Waals surface area contributed by atoms with Gasteiger partial charge in [-0.2, -0.15) is 10.4 Å². The molecule has 0 aliphatic rings. The fourth-order valence-corrected chi connectivity index (χ4v) is 2.33. The van der Waals surface area contributed by atoms with E-state index in [-0.39, 0.29) is 11.3 Å². The van der Waals surface area contributed by atoms with Crippen LogP contribution in [-0.2, 0) is 11.7 Å². The van der Waals surface area contributed by atoms with Crippen molar-refractivity contribution in [3.63, 3.8) is 0 Å². The summed E-state index contributed by atoms with van der Waals surface area (Å²) in [7, 11) is 7.20. The van der Waals surface area contributed by atoms with Crippen LogP contribution < -0.4 is 0 Å². The van der Waals surface area contributed by atoms with Crippen LogP contribution in [0.5, 0.6) is 0 Å². The summed E-state index contributed by atoms with van der Waals surface area (Å²) in [5, 5.41) is 13.9. The number of allylic oxidation sites excluding steroid dienone is 1. The van der Waals surface area contributed by atoms with E-state index in [0.29, 0.717) is 22.9 Å². The molecule has 2 heterocycles. The molecule has 0 atom stereocenters. The zero-order valence-electron chi connectivity index (χ0n) is 12.7. The fraction of sp³-hybridized carbons (Fsp3) is 0.357. The predicted octanol–water partition coefficient (Wildman–Crippen LogP) is 2.13. The quantitative estimate of drug-likeness (QED) is 0.489. The average molecular weight is 282 g/mol. The van der Waals surface area contributed by atoms with E-state index in [0.717, 1.165) is 11.4 Å². The topological polar surface area (TPSA) is 76.9 Å². The second kappa shape index (κ2) is 5.48. The van der Waals surface area contributed by atoms with Crippen molar-refractivity contribution in [2.75, 3.05) is 0 Å². The van der Waals surface area contributed by atoms with Crippen LogP contribution in [0.15, 0.2) is 4.42 Å². The number of aromatic nitrogens is 3. The summed E-state index contributed by atoms with van der Waals surface area (Å²) < 4.78 is 12.0. The molecule has 0 aliphatic heterocycles. The Morgan fingerprint density at radius 3 is 2.38 bits per heavy atom. The SMILES string of the molecule is [B]OC(=C(C#N)c1c(C)nn(C)c1C)c1nc(C)oc1C. The van der Waals surface area contributed by atoms with Gasteiger partial charge in [0.1, 0.15) is 28.9 Å². The molecule has 0 bridgehead atoms. The molecule has 0 fully saturated rings. The minimum Gasteiger partial charge on any atom is -0.565 e. The summed E-state index contributed by atoms with van der Waals surface area (Å²) in [6.07, 6.45) is 0. The van der Waals surface area contributed by atoms with Crippen molar-refractivity contribution in [3.05, 3.63) is 34.3 Å². The molecule has 6 nitrogen and oxygen atoms in total. The molecule has 2 radical (unpaired) electrons. The van der Waals surface area contributed by atoms with Crippen LogP contribution in [0.2, 0.25) is 0 Å². The van der Waals surface area contributed by atoms with Crippen molar-refractivity contribution >= 4 is 19.4 Å². The monoisotopic (exact) mass is 282 g/mol. The van der Waals surface area contributed by atoms with Crippen molar-refractivity contribution in [1.82, 2.24) is 14.8 Å². The molecule has 2 aromatic rings. The highest BCUT2D eigenvalue weighted by molar-refractivity contribution is 6.06. The van der Waals surface area contributed by atoms with Crippen LogP contribution >= 0.6 is 0 Å². The number of rotatable bonds is 3. The Balaban J connectivity index is 2.77. The Morgan fingerprint density at radius 1 is 1.33 bits per heavy atom. The maximum absolute atomic E-state index is 9.56. The van der Waals surface area contributed by atoms with Gasteiger partial charge in [-0.15, -0.1) is 0 Å². The van der Waals surface area contributed by atoms with E-state index in [1.54, 1.807) is 18.5 Å². The zero-order valence-corrected chi connectivity index (χ0v) is 12.7. The van der Waals surface area contributed by atoms with Gasteiger partial charge in [-0.1, -0.05) is 0 Å². The minimum absolute atomic E-state index is 0.186. The average Bonchev–Trinajstić information content (AvgIpc) is 2.88. The minimum atomic E-state index is 0.186. The lowest BCUT2D eigenvalue weighted by molar-refractivity contribution is 0.492. The maximum atomic E-state index is 9.56. The highest BCUT2D eigenvalue weighted by Crippen LogP contribution is 2.31. The number of hydrogen-bond acceptors (Lipinski definition) is 5. The molecule has 0 amide bonds. The molecule has 21 heavy (non-hydrogen) atoms. The van der Waals surface area contributed by atoms with Crippen LogP contribution in [0.25, 0.3) is 11.3 Å². The highest BCUT2D eigenvalue weighted by Gasteiger charge is 2.23. The number of nitriles is 1. The van der Waals surface area contributed by atoms with Crippen molar-refractivity contribution in [1.29, 1.82) is 5.26 Å². The summed E-state index contributed by atoms with van der Waals surface area (Å²) in [6, 6.07) is 2.14. The van der Waals surface area contributed by atoms with E-state index in [9.17, 15) is 5.26 Å². The van der Waals surface area contributed by atoms with Crippen LogP contribution in [0.1, 0.15) is 34.3 Å². The van der Waals surface area contributed by atoms with Crippen LogP contribution in [0, 0.1) is 39.0 Å². The molecular formula is C14H15BN4O2. The van der Waals surface area contributed by atoms with Gasteiger partial charge in [-0.3, -0.25) is 4.68 Å². The zero-order chi connectivity index (χ0) is 15.7. The lowest BCUT2D eigenvalue weighted by atomic mass is 10.0. The van der Waals surface area contributed by atoms with Gasteiger partial charge >= 0.3 is 8.05 Å². The third-order valence-electron chi connectivity index (χ3n) is 3.33. The number of nitrogens with zero attached hydrogens (tertiary/aromatic N) is 4. The lowest BCUT2D eigenvalue weighted by Crippen LogP contribution is -1.99. The Labute approximate surface area is 124 Å². The molecular weight excluding hydrogens is 267 g/mol. The Kier molecular flexibility index (Phi) is 3.89. The van der Waals surface area contributed by atoms with E-state index in [1.165, 1.54) is 0 Å². The van der Waals surface area contributed by atoms with Crippen LogP contribution in [0.3, 0.4) is 0 Å². The molecule has 7 heteroatoms. The summed E-state index contributed by atoms with van der Waals surface area (Å²) in [4.78, 5) is 4.23. The summed E-state index contributed by atoms with van der Waals surface area (Å²) in [5.41, 5.74) is 2.97. The maximum Gasteiger partial charge on any atom is 0.374 e. The largest absolute Gasteiger partial charge is 0.565 e. The van der Waals surface area contributed by atoms with Gasteiger partial charge in [-0.05, 0) is 20.8 Å². The summed E-state index contributed by atoms with van der Waals surface area (Å²) in [5.74, 6) is 1.21. The van der Waals surface area contributed by atoms with Crippen molar-refractivity contribution in [3.8, 4) is 6.07 Å². The molecule has 106 valence electrons. The highest BCUT2D eigenvalue weighted by atomic mass is 16.4. The lowest BCUT2D eigenvalue weighted by Gasteiger charge is -2.09. The van der Waals surface area contributed by atoms with Crippen molar-refractivity contribution < 1.29 is 9.07 Å². The number of hydrogen-bond donors (Lipinski definition) is 0. The molecule has 0 saturated heterocycles. The van der Waals surface area contributed by atoms with E-state index in [2.05, 4.69) is 16.2 Å². The van der Waals surface area contributed by atoms with E-state index < -0.39 is 0 Å². The van der Waals surface area contributed by atoms with Gasteiger partial charge in [-0.25, -0.2) is 4.98 Å². The normalized spacial score (nSPS) is 12.0. The molecule has 0 aliphatic carbocycles. The first-order chi connectivity index (χ1) is 9.90. The molecule has 0 N–H and O–H groups in total. The molecule has 2 aromatic heterocycles. The third-order valence-corrected chi connectivity index (χ3v) is 3.33. The smallest absolute Gasteiger partial charge is 0.374 e. The van der Waals surface area contributed by atoms with Gasteiger partial charge in [0.2, 0.25) is 0 Å². The fourth-order valence-electron chi connectivity index (χ4n) is 2.33. The second-order valence-corrected chi connectivity index (χ2v) is 4.74. The first-order valence-electron chi connectivity index (χ1n) is 6.36. The van der Waals surface area contributed by atoms with Gasteiger partial charge in [0.15, 0.2) is 5.89 Å². The van der Waals surface area contributed by atoms with Gasteiger partial charge in [0, 0.05) is 25.2 Å². The van der Waals surface area contributed by atoms with E-state index in [4.69, 9.17) is 17.1 Å². The second-order valence-electron chi connectivity index (χ2n) is 4.74. The predicted molar refractivity (Wildman–Crippen MR) is 77.9 cm³/mol. The van der Waals surface area contributed by atoms with E-state index >= 15 is 0 Å². The van der Waals surface area contributed by atoms with Crippen LogP contribution in [-0.4, -0.2) is 22.8 Å². The van der Waals surface area contributed by atoms with Crippen molar-refractivity contribution in [2.45, 2.75) is 27.7 Å². The Bertz CT molecular complexity index is 765. The number of oxazole rings is 1. The van der Waals surface area contributed by atoms with Gasteiger partial charge in [0.05, 0.1) is 5.69 Å². The molecule has 0 saturated carbocycles. The molecule has 2 rings (SSSR count). The first kappa shape index (κ1) is 14.9. The third kappa shape index (κ3) is 2.45. The van der Waals surface area contributed by atoms with Crippen molar-refractivity contribution in [2.24, 2.45) is 7.05 Å². The van der Waals surface area contributed by atoms with E-state index in [1.807, 2.05) is 20.9 Å². The van der Waals surface area contributed by atoms with Gasteiger partial charge in [0.25, 0.3) is 0 Å². The Morgan fingerprint density at radius 2 is 2.00 bits per heavy atom. The number of aryl methyl sites for hydroxylation is 4. The first-order valence-corrected chi connectivity index (χ1v) is 6.36. The van der Waals surface area contributed by atoms with Gasteiger partial charge < -0.3 is 9.07 Å². The molecule has 0 unspecified atom stereocenters. The standard InChI is InChI=1S/C14H15BN4O2/c1-7-12(8(2)19(5)18-7)11(6-16)14(21-15)13-9(3)20-10(4)17-13/h1-5H3. The summed E-state index contributed by atoms with van der Waals surface area (Å²) >= 11 is 0. The molecule has 0 spiro atoms. The van der Waals surface area contributed by atoms with Crippen LogP contribution in [0.4, 0.5) is 0 Å². The summed E-state index contributed by atoms with van der Waals surface area (Å²) in [6.45, 7) is 7.17. The Hall–Kier alpha value is -2.49.